The molecule has 0 fully saturated rings. The van der Waals surface area contributed by atoms with Crippen LogP contribution < -0.4 is 10.6 Å². The predicted molar refractivity (Wildman–Crippen MR) is 96.9 cm³/mol. The van der Waals surface area contributed by atoms with Crippen LogP contribution in [0.15, 0.2) is 18.2 Å². The van der Waals surface area contributed by atoms with Gasteiger partial charge in [-0.2, -0.15) is 7.05 Å². The van der Waals surface area contributed by atoms with Gasteiger partial charge in [0.05, 0.1) is 0 Å². The molecule has 0 aliphatic rings. The molecule has 0 saturated heterocycles. The van der Waals surface area contributed by atoms with Gasteiger partial charge in [-0.05, 0) is 38.5 Å². The van der Waals surface area contributed by atoms with E-state index in [4.69, 9.17) is 28.9 Å². The van der Waals surface area contributed by atoms with E-state index >= 15 is 0 Å². The zero-order valence-corrected chi connectivity index (χ0v) is 15.2. The first kappa shape index (κ1) is 21.0. The van der Waals surface area contributed by atoms with Crippen molar-refractivity contribution in [1.82, 2.24) is 5.32 Å². The maximum Gasteiger partial charge on any atom is 0.242 e. The normalized spacial score (nSPS) is 12.7. The van der Waals surface area contributed by atoms with Gasteiger partial charge in [-0.15, -0.1) is 0 Å². The zero-order valence-electron chi connectivity index (χ0n) is 13.7. The molecule has 0 spiro atoms. The summed E-state index contributed by atoms with van der Waals surface area (Å²) in [5.41, 5.74) is 6.49. The fraction of sp³-hybridized carbons (Fsp3) is 0.562. The number of carbonyl (C=O) groups is 1. The van der Waals surface area contributed by atoms with Crippen molar-refractivity contribution < 1.29 is 4.79 Å². The van der Waals surface area contributed by atoms with Gasteiger partial charge in [-0.3, -0.25) is 4.79 Å². The van der Waals surface area contributed by atoms with Crippen molar-refractivity contribution in [2.75, 3.05) is 12.4 Å². The molecule has 0 radical (unpaired) electrons. The molecular weight excluding hydrogens is 321 g/mol. The van der Waals surface area contributed by atoms with Crippen LogP contribution in [0, 0.1) is 0 Å². The van der Waals surface area contributed by atoms with Crippen molar-refractivity contribution in [1.29, 1.82) is 0 Å². The minimum atomic E-state index is -0.339. The summed E-state index contributed by atoms with van der Waals surface area (Å²) < 4.78 is 0. The van der Waals surface area contributed by atoms with E-state index in [0.717, 1.165) is 24.9 Å². The Morgan fingerprint density at radius 1 is 1.18 bits per heavy atom. The van der Waals surface area contributed by atoms with Gasteiger partial charge in [0.1, 0.15) is 6.04 Å². The van der Waals surface area contributed by atoms with Gasteiger partial charge in [-0.1, -0.05) is 43.0 Å². The second-order valence-electron chi connectivity index (χ2n) is 5.08. The van der Waals surface area contributed by atoms with Crippen LogP contribution in [0.25, 0.3) is 5.73 Å². The number of amides is 1. The molecule has 1 unspecified atom stereocenters. The molecule has 3 N–H and O–H groups in total. The van der Waals surface area contributed by atoms with Crippen LogP contribution in [-0.4, -0.2) is 25.0 Å². The van der Waals surface area contributed by atoms with E-state index in [2.05, 4.69) is 17.6 Å². The zero-order chi connectivity index (χ0) is 17.1. The van der Waals surface area contributed by atoms with E-state index in [0.29, 0.717) is 10.0 Å². The third kappa shape index (κ3) is 8.47. The molecule has 0 heterocycles. The van der Waals surface area contributed by atoms with Crippen LogP contribution in [0.5, 0.6) is 0 Å². The summed E-state index contributed by atoms with van der Waals surface area (Å²) >= 11 is 11.9. The molecule has 1 aromatic rings. The number of benzene rings is 1. The maximum absolute atomic E-state index is 12.1. The van der Waals surface area contributed by atoms with Gasteiger partial charge in [0, 0.05) is 21.8 Å². The van der Waals surface area contributed by atoms with Crippen molar-refractivity contribution in [3.05, 3.63) is 34.0 Å². The van der Waals surface area contributed by atoms with Crippen LogP contribution in [0.2, 0.25) is 10.0 Å². The third-order valence-corrected chi connectivity index (χ3v) is 3.45. The van der Waals surface area contributed by atoms with Crippen LogP contribution in [0.3, 0.4) is 0 Å². The molecule has 1 aromatic carbocycles. The average Bonchev–Trinajstić information content (AvgIpc) is 2.46. The van der Waals surface area contributed by atoms with Gasteiger partial charge >= 0.3 is 0 Å². The minimum Gasteiger partial charge on any atom is -0.680 e. The van der Waals surface area contributed by atoms with Crippen molar-refractivity contribution in [3.63, 3.8) is 0 Å². The summed E-state index contributed by atoms with van der Waals surface area (Å²) in [6.45, 7) is 5.98. The number of unbranched alkanes of at least 4 members (excludes halogenated alkanes) is 1. The van der Waals surface area contributed by atoms with Crippen molar-refractivity contribution in [3.8, 4) is 0 Å². The first-order valence-corrected chi connectivity index (χ1v) is 8.21. The lowest BCUT2D eigenvalue weighted by Gasteiger charge is -2.19. The molecule has 1 amide bonds. The Kier molecular flexibility index (Phi) is 11.1. The standard InChI is InChI=1S/C15H22Cl2N2O.CH4N/c1-4-5-6-10(2)18-15(20)11(3)19-14-8-12(16)7-13(17)9-14;1-2/h7-11,19H,4-6H2,1-3H3,(H,18,20);2H,1H3/q;-1/t10-,11?;/m0./s1. The number of hydrogen-bond donors (Lipinski definition) is 2. The molecule has 0 bridgehead atoms. The third-order valence-electron chi connectivity index (χ3n) is 3.02. The highest BCUT2D eigenvalue weighted by Gasteiger charge is 2.15. The molecule has 0 saturated carbocycles. The fourth-order valence-electron chi connectivity index (χ4n) is 1.90. The van der Waals surface area contributed by atoms with E-state index in [1.807, 2.05) is 13.8 Å². The second-order valence-corrected chi connectivity index (χ2v) is 5.95. The molecule has 0 aliphatic heterocycles. The van der Waals surface area contributed by atoms with E-state index in [1.54, 1.807) is 18.2 Å². The highest BCUT2D eigenvalue weighted by atomic mass is 35.5. The van der Waals surface area contributed by atoms with Gasteiger partial charge in [0.15, 0.2) is 0 Å². The average molecular weight is 347 g/mol. The summed E-state index contributed by atoms with van der Waals surface area (Å²) in [7, 11) is 1.25. The summed E-state index contributed by atoms with van der Waals surface area (Å²) in [4.78, 5) is 12.1. The Labute approximate surface area is 143 Å². The number of carbonyl (C=O) groups excluding carboxylic acids is 1. The highest BCUT2D eigenvalue weighted by molar-refractivity contribution is 6.35. The Morgan fingerprint density at radius 2 is 1.73 bits per heavy atom. The summed E-state index contributed by atoms with van der Waals surface area (Å²) in [6.07, 6.45) is 3.25. The van der Waals surface area contributed by atoms with Gasteiger partial charge in [-0.25, -0.2) is 0 Å². The van der Waals surface area contributed by atoms with Crippen molar-refractivity contribution in [2.45, 2.75) is 52.1 Å². The van der Waals surface area contributed by atoms with Gasteiger partial charge in [0.2, 0.25) is 5.91 Å². The quantitative estimate of drug-likeness (QED) is 0.716. The van der Waals surface area contributed by atoms with E-state index in [-0.39, 0.29) is 18.0 Å². The number of rotatable bonds is 7. The van der Waals surface area contributed by atoms with Crippen molar-refractivity contribution >= 4 is 34.8 Å². The molecule has 1 rings (SSSR count). The molecule has 0 aromatic heterocycles. The molecule has 22 heavy (non-hydrogen) atoms. The van der Waals surface area contributed by atoms with Crippen molar-refractivity contribution in [2.24, 2.45) is 0 Å². The van der Waals surface area contributed by atoms with Crippen LogP contribution >= 0.6 is 23.2 Å². The molecule has 6 heteroatoms. The summed E-state index contributed by atoms with van der Waals surface area (Å²) in [6, 6.07) is 5.00. The molecule has 2 atom stereocenters. The predicted octanol–water partition coefficient (Wildman–Crippen LogP) is 5.16. The maximum atomic E-state index is 12.1. The Bertz CT molecular complexity index is 435. The SMILES string of the molecule is CCCC[C@H](C)NC(=O)C(C)Nc1cc(Cl)cc(Cl)c1.C[NH-]. The number of nitrogens with one attached hydrogen (secondary N) is 3. The molecular formula is C16H26Cl2N3O-. The van der Waals surface area contributed by atoms with E-state index in [1.165, 1.54) is 7.05 Å². The van der Waals surface area contributed by atoms with Crippen LogP contribution in [-0.2, 0) is 4.79 Å². The smallest absolute Gasteiger partial charge is 0.242 e. The molecule has 126 valence electrons. The summed E-state index contributed by atoms with van der Waals surface area (Å²) in [5, 5.41) is 7.19. The Hall–Kier alpha value is -0.970. The first-order chi connectivity index (χ1) is 10.4. The van der Waals surface area contributed by atoms with Gasteiger partial charge < -0.3 is 16.4 Å². The first-order valence-electron chi connectivity index (χ1n) is 7.45. The van der Waals surface area contributed by atoms with E-state index in [9.17, 15) is 4.79 Å². The topological polar surface area (TPSA) is 64.9 Å². The lowest BCUT2D eigenvalue weighted by Crippen LogP contribution is -2.42. The highest BCUT2D eigenvalue weighted by Crippen LogP contribution is 2.22. The van der Waals surface area contributed by atoms with Gasteiger partial charge in [0.25, 0.3) is 0 Å². The fourth-order valence-corrected chi connectivity index (χ4v) is 2.43. The number of anilines is 1. The number of hydrogen-bond acceptors (Lipinski definition) is 2. The van der Waals surface area contributed by atoms with Crippen LogP contribution in [0.1, 0.15) is 40.0 Å². The van der Waals surface area contributed by atoms with E-state index < -0.39 is 0 Å². The largest absolute Gasteiger partial charge is 0.680 e. The lowest BCUT2D eigenvalue weighted by atomic mass is 10.1. The monoisotopic (exact) mass is 346 g/mol. The minimum absolute atomic E-state index is 0.0234. The molecule has 4 nitrogen and oxygen atoms in total. The van der Waals surface area contributed by atoms with Crippen LogP contribution in [0.4, 0.5) is 5.69 Å². The molecule has 0 aliphatic carbocycles. The number of halogens is 2. The Morgan fingerprint density at radius 3 is 2.23 bits per heavy atom. The Balaban J connectivity index is 0.00000211. The lowest BCUT2D eigenvalue weighted by molar-refractivity contribution is -0.122. The second kappa shape index (κ2) is 11.6. The summed E-state index contributed by atoms with van der Waals surface area (Å²) in [5.74, 6) is -0.0234.